The molecule has 2 aromatic rings. The van der Waals surface area contributed by atoms with Crippen molar-refractivity contribution in [2.45, 2.75) is 31.9 Å². The zero-order valence-electron chi connectivity index (χ0n) is 13.2. The highest BCUT2D eigenvalue weighted by molar-refractivity contribution is 5.62. The lowest BCUT2D eigenvalue weighted by molar-refractivity contribution is -0.137. The Labute approximate surface area is 133 Å². The maximum atomic E-state index is 12.7. The maximum absolute atomic E-state index is 12.7. The van der Waals surface area contributed by atoms with Gasteiger partial charge in [-0.2, -0.15) is 13.2 Å². The van der Waals surface area contributed by atoms with E-state index in [1.54, 1.807) is 0 Å². The van der Waals surface area contributed by atoms with Gasteiger partial charge in [-0.3, -0.25) is 0 Å². The molecule has 1 aromatic carbocycles. The molecule has 1 saturated heterocycles. The molecule has 0 saturated carbocycles. The van der Waals surface area contributed by atoms with Crippen molar-refractivity contribution in [3.05, 3.63) is 41.3 Å². The molecule has 0 aliphatic carbocycles. The van der Waals surface area contributed by atoms with Crippen LogP contribution in [0.15, 0.2) is 24.3 Å². The number of nitrogens with one attached hydrogen (secondary N) is 1. The van der Waals surface area contributed by atoms with Crippen LogP contribution in [0.3, 0.4) is 0 Å². The van der Waals surface area contributed by atoms with Gasteiger partial charge in [-0.1, -0.05) is 12.1 Å². The Morgan fingerprint density at radius 2 is 1.74 bits per heavy atom. The Morgan fingerprint density at radius 3 is 2.30 bits per heavy atom. The quantitative estimate of drug-likeness (QED) is 0.909. The van der Waals surface area contributed by atoms with E-state index in [-0.39, 0.29) is 0 Å². The number of halogens is 3. The number of benzene rings is 1. The average Bonchev–Trinajstić information content (AvgIpc) is 2.84. The SMILES string of the molecule is Cc1c(-c2ccc(C(F)(F)F)cc2)nc(C2CCNCC2)n1C. The van der Waals surface area contributed by atoms with Crippen LogP contribution in [0, 0.1) is 6.92 Å². The summed E-state index contributed by atoms with van der Waals surface area (Å²) in [5.74, 6) is 1.43. The van der Waals surface area contributed by atoms with Crippen LogP contribution in [-0.4, -0.2) is 22.6 Å². The molecule has 6 heteroatoms. The van der Waals surface area contributed by atoms with Gasteiger partial charge in [0.25, 0.3) is 0 Å². The van der Waals surface area contributed by atoms with E-state index >= 15 is 0 Å². The lowest BCUT2D eigenvalue weighted by atomic mass is 9.97. The van der Waals surface area contributed by atoms with Crippen molar-refractivity contribution in [3.8, 4) is 11.3 Å². The molecular formula is C17H20F3N3. The summed E-state index contributed by atoms with van der Waals surface area (Å²) in [4.78, 5) is 4.75. The average molecular weight is 323 g/mol. The molecule has 0 unspecified atom stereocenters. The number of hydrogen-bond donors (Lipinski definition) is 1. The molecule has 1 aromatic heterocycles. The van der Waals surface area contributed by atoms with E-state index in [0.717, 1.165) is 60.8 Å². The fourth-order valence-corrected chi connectivity index (χ4v) is 3.14. The minimum absolute atomic E-state index is 0.406. The predicted molar refractivity (Wildman–Crippen MR) is 83.2 cm³/mol. The number of nitrogens with zero attached hydrogens (tertiary/aromatic N) is 2. The number of aromatic nitrogens is 2. The van der Waals surface area contributed by atoms with Gasteiger partial charge in [0.05, 0.1) is 11.3 Å². The molecule has 0 bridgehead atoms. The van der Waals surface area contributed by atoms with Gasteiger partial charge in [-0.15, -0.1) is 0 Å². The first kappa shape index (κ1) is 16.1. The number of piperidine rings is 1. The van der Waals surface area contributed by atoms with Crippen molar-refractivity contribution in [2.24, 2.45) is 7.05 Å². The van der Waals surface area contributed by atoms with E-state index in [0.29, 0.717) is 5.92 Å². The van der Waals surface area contributed by atoms with Gasteiger partial charge in [0.2, 0.25) is 0 Å². The lowest BCUT2D eigenvalue weighted by Gasteiger charge is -2.22. The molecule has 0 atom stereocenters. The highest BCUT2D eigenvalue weighted by Gasteiger charge is 2.30. The summed E-state index contributed by atoms with van der Waals surface area (Å²) in [5, 5.41) is 3.33. The highest BCUT2D eigenvalue weighted by Crippen LogP contribution is 2.33. The highest BCUT2D eigenvalue weighted by atomic mass is 19.4. The normalized spacial score (nSPS) is 16.7. The summed E-state index contributed by atoms with van der Waals surface area (Å²) >= 11 is 0. The van der Waals surface area contributed by atoms with Gasteiger partial charge < -0.3 is 9.88 Å². The third-order valence-corrected chi connectivity index (χ3v) is 4.61. The first-order valence-electron chi connectivity index (χ1n) is 7.79. The van der Waals surface area contributed by atoms with Gasteiger partial charge >= 0.3 is 6.18 Å². The second kappa shape index (κ2) is 6.00. The monoisotopic (exact) mass is 323 g/mol. The van der Waals surface area contributed by atoms with Gasteiger partial charge in [0, 0.05) is 24.2 Å². The molecule has 0 spiro atoms. The molecule has 124 valence electrons. The topological polar surface area (TPSA) is 29.9 Å². The summed E-state index contributed by atoms with van der Waals surface area (Å²) in [6.45, 7) is 3.92. The largest absolute Gasteiger partial charge is 0.416 e. The lowest BCUT2D eigenvalue weighted by Crippen LogP contribution is -2.27. The molecule has 3 nitrogen and oxygen atoms in total. The molecule has 1 N–H and O–H groups in total. The molecule has 23 heavy (non-hydrogen) atoms. The van der Waals surface area contributed by atoms with E-state index in [1.165, 1.54) is 12.1 Å². The van der Waals surface area contributed by atoms with Crippen molar-refractivity contribution >= 4 is 0 Å². The smallest absolute Gasteiger partial charge is 0.335 e. The Hall–Kier alpha value is -1.82. The Bertz CT molecular complexity index is 680. The van der Waals surface area contributed by atoms with Crippen LogP contribution in [0.5, 0.6) is 0 Å². The Balaban J connectivity index is 1.94. The van der Waals surface area contributed by atoms with E-state index in [9.17, 15) is 13.2 Å². The van der Waals surface area contributed by atoms with E-state index in [4.69, 9.17) is 4.98 Å². The molecule has 1 fully saturated rings. The Morgan fingerprint density at radius 1 is 1.13 bits per heavy atom. The molecule has 1 aliphatic rings. The fourth-order valence-electron chi connectivity index (χ4n) is 3.14. The van der Waals surface area contributed by atoms with Crippen molar-refractivity contribution < 1.29 is 13.2 Å². The predicted octanol–water partition coefficient (Wildman–Crippen LogP) is 3.88. The molecular weight excluding hydrogens is 303 g/mol. The molecule has 0 amide bonds. The fraction of sp³-hybridized carbons (Fsp3) is 0.471. The number of imidazole rings is 1. The van der Waals surface area contributed by atoms with Crippen LogP contribution < -0.4 is 5.32 Å². The zero-order valence-corrected chi connectivity index (χ0v) is 13.2. The minimum Gasteiger partial charge on any atom is -0.335 e. The van der Waals surface area contributed by atoms with Crippen LogP contribution in [0.25, 0.3) is 11.3 Å². The molecule has 0 radical (unpaired) electrons. The first-order valence-corrected chi connectivity index (χ1v) is 7.79. The van der Waals surface area contributed by atoms with Crippen molar-refractivity contribution in [2.75, 3.05) is 13.1 Å². The summed E-state index contributed by atoms with van der Waals surface area (Å²) in [6.07, 6.45) is -2.23. The van der Waals surface area contributed by atoms with Crippen molar-refractivity contribution in [3.63, 3.8) is 0 Å². The number of hydrogen-bond acceptors (Lipinski definition) is 2. The van der Waals surface area contributed by atoms with E-state index < -0.39 is 11.7 Å². The van der Waals surface area contributed by atoms with E-state index in [1.807, 2.05) is 14.0 Å². The number of rotatable bonds is 2. The summed E-state index contributed by atoms with van der Waals surface area (Å²) in [5.41, 5.74) is 1.85. The van der Waals surface area contributed by atoms with Crippen LogP contribution >= 0.6 is 0 Å². The molecule has 1 aliphatic heterocycles. The van der Waals surface area contributed by atoms with Crippen molar-refractivity contribution in [1.29, 1.82) is 0 Å². The maximum Gasteiger partial charge on any atom is 0.416 e. The minimum atomic E-state index is -4.31. The van der Waals surface area contributed by atoms with Crippen LogP contribution in [0.2, 0.25) is 0 Å². The molecule has 3 rings (SSSR count). The zero-order chi connectivity index (χ0) is 16.6. The number of alkyl halides is 3. The summed E-state index contributed by atoms with van der Waals surface area (Å²) in [7, 11) is 1.98. The third kappa shape index (κ3) is 3.13. The summed E-state index contributed by atoms with van der Waals surface area (Å²) < 4.78 is 40.1. The van der Waals surface area contributed by atoms with Crippen LogP contribution in [0.1, 0.15) is 35.8 Å². The molecule has 2 heterocycles. The van der Waals surface area contributed by atoms with Crippen LogP contribution in [0.4, 0.5) is 13.2 Å². The Kier molecular flexibility index (Phi) is 4.19. The van der Waals surface area contributed by atoms with Gasteiger partial charge in [0.15, 0.2) is 0 Å². The summed E-state index contributed by atoms with van der Waals surface area (Å²) in [6, 6.07) is 5.25. The van der Waals surface area contributed by atoms with Crippen molar-refractivity contribution in [1.82, 2.24) is 14.9 Å². The second-order valence-corrected chi connectivity index (χ2v) is 6.06. The van der Waals surface area contributed by atoms with Gasteiger partial charge in [0.1, 0.15) is 5.82 Å². The van der Waals surface area contributed by atoms with Crippen LogP contribution in [-0.2, 0) is 13.2 Å². The third-order valence-electron chi connectivity index (χ3n) is 4.61. The van der Waals surface area contributed by atoms with Gasteiger partial charge in [-0.05, 0) is 45.0 Å². The van der Waals surface area contributed by atoms with Gasteiger partial charge in [-0.25, -0.2) is 4.98 Å². The first-order chi connectivity index (χ1) is 10.9. The second-order valence-electron chi connectivity index (χ2n) is 6.06. The standard InChI is InChI=1S/C17H20F3N3/c1-11-15(12-3-5-14(6-4-12)17(18,19)20)22-16(23(11)2)13-7-9-21-10-8-13/h3-6,13,21H,7-10H2,1-2H3. The van der Waals surface area contributed by atoms with E-state index in [2.05, 4.69) is 9.88 Å².